The van der Waals surface area contributed by atoms with Crippen LogP contribution in [0, 0.1) is 0 Å². The molecular weight excluding hydrogens is 256 g/mol. The molecule has 0 heterocycles. The molecule has 0 saturated carbocycles. The lowest BCUT2D eigenvalue weighted by atomic mass is 9.95. The van der Waals surface area contributed by atoms with Crippen LogP contribution in [0.25, 0.3) is 11.1 Å². The maximum atomic E-state index is 11.0. The molecule has 2 aromatic rings. The summed E-state index contributed by atoms with van der Waals surface area (Å²) in [5, 5.41) is 17.9. The van der Waals surface area contributed by atoms with E-state index in [0.717, 1.165) is 16.7 Å². The van der Waals surface area contributed by atoms with Gasteiger partial charge in [-0.25, -0.2) is 9.59 Å². The first-order valence-electron chi connectivity index (χ1n) is 6.23. The van der Waals surface area contributed by atoms with E-state index in [1.54, 1.807) is 42.5 Å². The van der Waals surface area contributed by atoms with Crippen LogP contribution in [0.4, 0.5) is 0 Å². The van der Waals surface area contributed by atoms with Crippen molar-refractivity contribution >= 4 is 11.9 Å². The third-order valence-electron chi connectivity index (χ3n) is 3.18. The molecule has 4 heteroatoms. The van der Waals surface area contributed by atoms with Gasteiger partial charge in [-0.15, -0.1) is 0 Å². The third-order valence-corrected chi connectivity index (χ3v) is 3.18. The average Bonchev–Trinajstić information content (AvgIpc) is 2.46. The average molecular weight is 270 g/mol. The van der Waals surface area contributed by atoms with Crippen LogP contribution in [-0.2, 0) is 6.42 Å². The molecule has 0 spiro atoms. The number of hydrogen-bond donors (Lipinski definition) is 2. The quantitative estimate of drug-likeness (QED) is 0.893. The predicted molar refractivity (Wildman–Crippen MR) is 75.2 cm³/mol. The van der Waals surface area contributed by atoms with Gasteiger partial charge in [-0.05, 0) is 47.4 Å². The molecule has 4 nitrogen and oxygen atoms in total. The van der Waals surface area contributed by atoms with E-state index < -0.39 is 11.9 Å². The highest BCUT2D eigenvalue weighted by molar-refractivity contribution is 5.90. The SMILES string of the molecule is CCc1cc(C(=O)O)ccc1-c1ccc(C(=O)O)cc1. The maximum absolute atomic E-state index is 11.0. The second kappa shape index (κ2) is 5.57. The van der Waals surface area contributed by atoms with Gasteiger partial charge < -0.3 is 10.2 Å². The van der Waals surface area contributed by atoms with Gasteiger partial charge in [0.1, 0.15) is 0 Å². The van der Waals surface area contributed by atoms with Gasteiger partial charge in [-0.1, -0.05) is 25.1 Å². The lowest BCUT2D eigenvalue weighted by Gasteiger charge is -2.09. The molecule has 0 radical (unpaired) electrons. The van der Waals surface area contributed by atoms with Crippen LogP contribution in [0.15, 0.2) is 42.5 Å². The Morgan fingerprint density at radius 3 is 1.95 bits per heavy atom. The van der Waals surface area contributed by atoms with Crippen molar-refractivity contribution in [2.45, 2.75) is 13.3 Å². The summed E-state index contributed by atoms with van der Waals surface area (Å²) in [5.41, 5.74) is 3.22. The van der Waals surface area contributed by atoms with Crippen LogP contribution in [0.1, 0.15) is 33.2 Å². The van der Waals surface area contributed by atoms with Gasteiger partial charge in [0.15, 0.2) is 0 Å². The topological polar surface area (TPSA) is 74.6 Å². The Labute approximate surface area is 116 Å². The minimum absolute atomic E-state index is 0.231. The van der Waals surface area contributed by atoms with Crippen LogP contribution in [0.2, 0.25) is 0 Å². The molecule has 0 amide bonds. The number of carboxylic acids is 2. The Bertz CT molecular complexity index is 657. The Kier molecular flexibility index (Phi) is 3.84. The summed E-state index contributed by atoms with van der Waals surface area (Å²) in [6.45, 7) is 1.95. The maximum Gasteiger partial charge on any atom is 0.335 e. The number of carbonyl (C=O) groups is 2. The van der Waals surface area contributed by atoms with Crippen molar-refractivity contribution in [3.8, 4) is 11.1 Å². The zero-order valence-electron chi connectivity index (χ0n) is 11.0. The van der Waals surface area contributed by atoms with Crippen LogP contribution < -0.4 is 0 Å². The second-order valence-corrected chi connectivity index (χ2v) is 4.41. The fourth-order valence-electron chi connectivity index (χ4n) is 2.09. The van der Waals surface area contributed by atoms with Crippen molar-refractivity contribution in [3.05, 3.63) is 59.2 Å². The largest absolute Gasteiger partial charge is 0.478 e. The third kappa shape index (κ3) is 2.69. The number of benzene rings is 2. The standard InChI is InChI=1S/C16H14O4/c1-2-10-9-13(16(19)20)7-8-14(10)11-3-5-12(6-4-11)15(17)18/h3-9H,2H2,1H3,(H,17,18)(H,19,20). The van der Waals surface area contributed by atoms with E-state index in [9.17, 15) is 9.59 Å². The van der Waals surface area contributed by atoms with Gasteiger partial charge >= 0.3 is 11.9 Å². The molecule has 0 fully saturated rings. The fraction of sp³-hybridized carbons (Fsp3) is 0.125. The molecule has 0 bridgehead atoms. The molecule has 2 rings (SSSR count). The van der Waals surface area contributed by atoms with E-state index in [1.165, 1.54) is 0 Å². The van der Waals surface area contributed by atoms with Crippen LogP contribution in [0.3, 0.4) is 0 Å². The second-order valence-electron chi connectivity index (χ2n) is 4.41. The van der Waals surface area contributed by atoms with Crippen LogP contribution in [-0.4, -0.2) is 22.2 Å². The summed E-state index contributed by atoms with van der Waals surface area (Å²) in [6, 6.07) is 11.5. The Hall–Kier alpha value is -2.62. The highest BCUT2D eigenvalue weighted by Gasteiger charge is 2.10. The van der Waals surface area contributed by atoms with Crippen molar-refractivity contribution in [2.75, 3.05) is 0 Å². The normalized spacial score (nSPS) is 10.2. The molecule has 2 N–H and O–H groups in total. The van der Waals surface area contributed by atoms with E-state index >= 15 is 0 Å². The first-order valence-corrected chi connectivity index (χ1v) is 6.23. The zero-order valence-corrected chi connectivity index (χ0v) is 11.0. The summed E-state index contributed by atoms with van der Waals surface area (Å²) in [7, 11) is 0. The predicted octanol–water partition coefficient (Wildman–Crippen LogP) is 3.31. The molecule has 0 aliphatic carbocycles. The molecule has 0 aromatic heterocycles. The van der Waals surface area contributed by atoms with Gasteiger partial charge in [-0.2, -0.15) is 0 Å². The monoisotopic (exact) mass is 270 g/mol. The first kappa shape index (κ1) is 13.8. The molecule has 102 valence electrons. The van der Waals surface area contributed by atoms with Gasteiger partial charge in [0.2, 0.25) is 0 Å². The summed E-state index contributed by atoms with van der Waals surface area (Å²) in [5.74, 6) is -1.92. The zero-order chi connectivity index (χ0) is 14.7. The minimum atomic E-state index is -0.964. The summed E-state index contributed by atoms with van der Waals surface area (Å²) in [6.07, 6.45) is 0.705. The highest BCUT2D eigenvalue weighted by atomic mass is 16.4. The molecule has 0 aliphatic heterocycles. The van der Waals surface area contributed by atoms with E-state index in [1.807, 2.05) is 6.92 Å². The Morgan fingerprint density at radius 2 is 1.45 bits per heavy atom. The number of rotatable bonds is 4. The summed E-state index contributed by atoms with van der Waals surface area (Å²) < 4.78 is 0. The molecule has 20 heavy (non-hydrogen) atoms. The van der Waals surface area contributed by atoms with E-state index in [2.05, 4.69) is 0 Å². The van der Waals surface area contributed by atoms with Crippen molar-refractivity contribution in [3.63, 3.8) is 0 Å². The van der Waals surface area contributed by atoms with E-state index in [0.29, 0.717) is 6.42 Å². The van der Waals surface area contributed by atoms with Crippen LogP contribution in [0.5, 0.6) is 0 Å². The Balaban J connectivity index is 2.46. The summed E-state index contributed by atoms with van der Waals surface area (Å²) >= 11 is 0. The lowest BCUT2D eigenvalue weighted by molar-refractivity contribution is 0.0686. The number of aromatic carboxylic acids is 2. The van der Waals surface area contributed by atoms with E-state index in [-0.39, 0.29) is 11.1 Å². The van der Waals surface area contributed by atoms with Gasteiger partial charge in [0.25, 0.3) is 0 Å². The van der Waals surface area contributed by atoms with Crippen molar-refractivity contribution in [1.29, 1.82) is 0 Å². The van der Waals surface area contributed by atoms with E-state index in [4.69, 9.17) is 10.2 Å². The number of carboxylic acid groups (broad SMARTS) is 2. The molecule has 0 unspecified atom stereocenters. The van der Waals surface area contributed by atoms with Crippen molar-refractivity contribution < 1.29 is 19.8 Å². The Morgan fingerprint density at radius 1 is 0.900 bits per heavy atom. The molecule has 0 atom stereocenters. The summed E-state index contributed by atoms with van der Waals surface area (Å²) in [4.78, 5) is 21.8. The minimum Gasteiger partial charge on any atom is -0.478 e. The smallest absolute Gasteiger partial charge is 0.335 e. The molecule has 0 aliphatic rings. The van der Waals surface area contributed by atoms with Gasteiger partial charge in [0.05, 0.1) is 11.1 Å². The van der Waals surface area contributed by atoms with Crippen molar-refractivity contribution in [2.24, 2.45) is 0 Å². The van der Waals surface area contributed by atoms with Gasteiger partial charge in [0, 0.05) is 0 Å². The molecular formula is C16H14O4. The number of hydrogen-bond acceptors (Lipinski definition) is 2. The van der Waals surface area contributed by atoms with Crippen molar-refractivity contribution in [1.82, 2.24) is 0 Å². The molecule has 2 aromatic carbocycles. The van der Waals surface area contributed by atoms with Gasteiger partial charge in [-0.3, -0.25) is 0 Å². The lowest BCUT2D eigenvalue weighted by Crippen LogP contribution is -1.99. The fourth-order valence-corrected chi connectivity index (χ4v) is 2.09. The molecule has 0 saturated heterocycles. The van der Waals surface area contributed by atoms with Crippen LogP contribution >= 0.6 is 0 Å². The first-order chi connectivity index (χ1) is 9.52. The number of aryl methyl sites for hydroxylation is 1. The highest BCUT2D eigenvalue weighted by Crippen LogP contribution is 2.26.